The summed E-state index contributed by atoms with van der Waals surface area (Å²) < 4.78 is 28.9. The van der Waals surface area contributed by atoms with E-state index in [-0.39, 0.29) is 11.5 Å². The number of ether oxygens (including phenoxy) is 1. The van der Waals surface area contributed by atoms with E-state index >= 15 is 0 Å². The van der Waals surface area contributed by atoms with Gasteiger partial charge in [0.15, 0.2) is 5.78 Å². The van der Waals surface area contributed by atoms with Crippen LogP contribution in [0.15, 0.2) is 46.9 Å². The standard InChI is InChI=1S/C14H10BrF2NO2/c15-11-7-9(3-6-12(11)18)13(19)8-1-4-10(5-2-8)20-14(16)17/h1-7,14H,18H2. The van der Waals surface area contributed by atoms with Crippen molar-refractivity contribution in [1.29, 1.82) is 0 Å². The predicted molar refractivity (Wildman–Crippen MR) is 75.1 cm³/mol. The predicted octanol–water partition coefficient (Wildman–Crippen LogP) is 3.86. The van der Waals surface area contributed by atoms with Crippen LogP contribution in [-0.2, 0) is 0 Å². The number of alkyl halides is 2. The highest BCUT2D eigenvalue weighted by Crippen LogP contribution is 2.23. The Bertz CT molecular complexity index is 630. The second-order valence-electron chi connectivity index (χ2n) is 3.97. The Labute approximate surface area is 122 Å². The van der Waals surface area contributed by atoms with Crippen molar-refractivity contribution in [2.24, 2.45) is 0 Å². The molecule has 2 rings (SSSR count). The van der Waals surface area contributed by atoms with Crippen LogP contribution in [0.25, 0.3) is 0 Å². The molecule has 0 heterocycles. The first-order chi connectivity index (χ1) is 9.47. The van der Waals surface area contributed by atoms with Crippen LogP contribution in [0.1, 0.15) is 15.9 Å². The third-order valence-electron chi connectivity index (χ3n) is 2.60. The quantitative estimate of drug-likeness (QED) is 0.678. The van der Waals surface area contributed by atoms with Gasteiger partial charge in [0.1, 0.15) is 5.75 Å². The highest BCUT2D eigenvalue weighted by molar-refractivity contribution is 9.10. The van der Waals surface area contributed by atoms with E-state index in [2.05, 4.69) is 20.7 Å². The number of nitrogens with two attached hydrogens (primary N) is 1. The Balaban J connectivity index is 2.22. The van der Waals surface area contributed by atoms with Gasteiger partial charge in [0.25, 0.3) is 0 Å². The number of nitrogen functional groups attached to an aromatic ring is 1. The molecule has 6 heteroatoms. The van der Waals surface area contributed by atoms with Crippen LogP contribution < -0.4 is 10.5 Å². The van der Waals surface area contributed by atoms with Crippen molar-refractivity contribution in [2.45, 2.75) is 6.61 Å². The second kappa shape index (κ2) is 6.00. The van der Waals surface area contributed by atoms with Gasteiger partial charge in [-0.25, -0.2) is 0 Å². The number of rotatable bonds is 4. The zero-order valence-corrected chi connectivity index (χ0v) is 11.7. The molecule has 0 bridgehead atoms. The molecule has 3 nitrogen and oxygen atoms in total. The first-order valence-corrected chi connectivity index (χ1v) is 6.41. The van der Waals surface area contributed by atoms with E-state index in [1.54, 1.807) is 18.2 Å². The van der Waals surface area contributed by atoms with Gasteiger partial charge in [-0.15, -0.1) is 0 Å². The average Bonchev–Trinajstić information content (AvgIpc) is 2.41. The van der Waals surface area contributed by atoms with Crippen molar-refractivity contribution in [3.63, 3.8) is 0 Å². The largest absolute Gasteiger partial charge is 0.435 e. The Kier molecular flexibility index (Phi) is 4.34. The molecule has 0 saturated heterocycles. The van der Waals surface area contributed by atoms with Gasteiger partial charge >= 0.3 is 6.61 Å². The minimum absolute atomic E-state index is 0.00929. The van der Waals surface area contributed by atoms with Gasteiger partial charge in [-0.3, -0.25) is 4.79 Å². The van der Waals surface area contributed by atoms with Crippen molar-refractivity contribution in [2.75, 3.05) is 5.73 Å². The van der Waals surface area contributed by atoms with Crippen LogP contribution in [0.4, 0.5) is 14.5 Å². The first-order valence-electron chi connectivity index (χ1n) is 5.62. The number of hydrogen-bond acceptors (Lipinski definition) is 3. The summed E-state index contributed by atoms with van der Waals surface area (Å²) in [5.74, 6) is -0.218. The maximum atomic E-state index is 12.2. The van der Waals surface area contributed by atoms with Gasteiger partial charge in [-0.05, 0) is 58.4 Å². The molecule has 0 aliphatic heterocycles. The lowest BCUT2D eigenvalue weighted by atomic mass is 10.0. The van der Waals surface area contributed by atoms with Crippen molar-refractivity contribution in [1.82, 2.24) is 0 Å². The Morgan fingerprint density at radius 2 is 1.70 bits per heavy atom. The summed E-state index contributed by atoms with van der Waals surface area (Å²) in [7, 11) is 0. The summed E-state index contributed by atoms with van der Waals surface area (Å²) in [5.41, 5.74) is 7.01. The van der Waals surface area contributed by atoms with Crippen LogP contribution in [-0.4, -0.2) is 12.4 Å². The first kappa shape index (κ1) is 14.5. The lowest BCUT2D eigenvalue weighted by Gasteiger charge is -2.06. The minimum atomic E-state index is -2.88. The van der Waals surface area contributed by atoms with Gasteiger partial charge in [-0.1, -0.05) is 0 Å². The summed E-state index contributed by atoms with van der Waals surface area (Å²) in [5, 5.41) is 0. The fraction of sp³-hybridized carbons (Fsp3) is 0.0714. The SMILES string of the molecule is Nc1ccc(C(=O)c2ccc(OC(F)F)cc2)cc1Br. The van der Waals surface area contributed by atoms with Crippen LogP contribution in [0, 0.1) is 0 Å². The molecule has 20 heavy (non-hydrogen) atoms. The third-order valence-corrected chi connectivity index (χ3v) is 3.29. The van der Waals surface area contributed by atoms with E-state index in [4.69, 9.17) is 5.73 Å². The number of hydrogen-bond donors (Lipinski definition) is 1. The second-order valence-corrected chi connectivity index (χ2v) is 4.82. The molecule has 2 aromatic carbocycles. The highest BCUT2D eigenvalue weighted by Gasteiger charge is 2.11. The molecule has 0 unspecified atom stereocenters. The lowest BCUT2D eigenvalue weighted by Crippen LogP contribution is -2.04. The monoisotopic (exact) mass is 341 g/mol. The van der Waals surface area contributed by atoms with Crippen LogP contribution >= 0.6 is 15.9 Å². The minimum Gasteiger partial charge on any atom is -0.435 e. The van der Waals surface area contributed by atoms with E-state index < -0.39 is 6.61 Å². The summed E-state index contributed by atoms with van der Waals surface area (Å²) in [6.45, 7) is -2.88. The zero-order valence-electron chi connectivity index (χ0n) is 10.1. The molecule has 0 aromatic heterocycles. The molecular formula is C14H10BrF2NO2. The molecule has 2 N–H and O–H groups in total. The fourth-order valence-corrected chi connectivity index (χ4v) is 2.00. The Morgan fingerprint density at radius 1 is 1.10 bits per heavy atom. The molecule has 0 spiro atoms. The average molecular weight is 342 g/mol. The molecule has 0 aliphatic carbocycles. The number of ketones is 1. The van der Waals surface area contributed by atoms with Crippen molar-refractivity contribution in [3.8, 4) is 5.75 Å². The van der Waals surface area contributed by atoms with E-state index in [9.17, 15) is 13.6 Å². The number of benzene rings is 2. The maximum Gasteiger partial charge on any atom is 0.387 e. The molecule has 0 saturated carbocycles. The maximum absolute atomic E-state index is 12.2. The summed E-state index contributed by atoms with van der Waals surface area (Å²) in [6.07, 6.45) is 0. The molecular weight excluding hydrogens is 332 g/mol. The fourth-order valence-electron chi connectivity index (χ4n) is 1.62. The van der Waals surface area contributed by atoms with E-state index in [0.717, 1.165) is 0 Å². The zero-order chi connectivity index (χ0) is 14.7. The normalized spacial score (nSPS) is 10.6. The van der Waals surface area contributed by atoms with Crippen molar-refractivity contribution < 1.29 is 18.3 Å². The molecule has 2 aromatic rings. The lowest BCUT2D eigenvalue weighted by molar-refractivity contribution is -0.0498. The molecule has 0 amide bonds. The topological polar surface area (TPSA) is 52.3 Å². The number of halogens is 3. The van der Waals surface area contributed by atoms with Gasteiger partial charge in [0.05, 0.1) is 0 Å². The molecule has 0 fully saturated rings. The van der Waals surface area contributed by atoms with Crippen LogP contribution in [0.5, 0.6) is 5.75 Å². The molecule has 0 atom stereocenters. The third kappa shape index (κ3) is 3.33. The number of anilines is 1. The van der Waals surface area contributed by atoms with Crippen molar-refractivity contribution in [3.05, 3.63) is 58.1 Å². The van der Waals surface area contributed by atoms with Gasteiger partial charge in [0, 0.05) is 21.3 Å². The van der Waals surface area contributed by atoms with Gasteiger partial charge < -0.3 is 10.5 Å². The van der Waals surface area contributed by atoms with Gasteiger partial charge in [0.2, 0.25) is 0 Å². The summed E-state index contributed by atoms with van der Waals surface area (Å²) in [6, 6.07) is 10.4. The Hall–Kier alpha value is -1.95. The summed E-state index contributed by atoms with van der Waals surface area (Å²) in [4.78, 5) is 12.2. The van der Waals surface area contributed by atoms with Crippen molar-refractivity contribution >= 4 is 27.4 Å². The van der Waals surface area contributed by atoms with E-state index in [0.29, 0.717) is 21.3 Å². The Morgan fingerprint density at radius 3 is 2.25 bits per heavy atom. The van der Waals surface area contributed by atoms with E-state index in [1.165, 1.54) is 24.3 Å². The summed E-state index contributed by atoms with van der Waals surface area (Å²) >= 11 is 3.25. The van der Waals surface area contributed by atoms with Crippen LogP contribution in [0.2, 0.25) is 0 Å². The van der Waals surface area contributed by atoms with Crippen LogP contribution in [0.3, 0.4) is 0 Å². The number of carbonyl (C=O) groups is 1. The smallest absolute Gasteiger partial charge is 0.387 e. The number of carbonyl (C=O) groups excluding carboxylic acids is 1. The highest BCUT2D eigenvalue weighted by atomic mass is 79.9. The molecule has 0 aliphatic rings. The molecule has 104 valence electrons. The van der Waals surface area contributed by atoms with Gasteiger partial charge in [-0.2, -0.15) is 8.78 Å². The molecule has 0 radical (unpaired) electrons. The van der Waals surface area contributed by atoms with E-state index in [1.807, 2.05) is 0 Å².